The summed E-state index contributed by atoms with van der Waals surface area (Å²) >= 11 is 0. The fourth-order valence-corrected chi connectivity index (χ4v) is 2.64. The van der Waals surface area contributed by atoms with Crippen LogP contribution in [0.5, 0.6) is 0 Å². The second-order valence-corrected chi connectivity index (χ2v) is 5.06. The fourth-order valence-electron chi connectivity index (χ4n) is 2.64. The highest BCUT2D eigenvalue weighted by molar-refractivity contribution is 5.85. The number of hydrogen-bond donors (Lipinski definition) is 0. The number of aromatic nitrogens is 2. The topological polar surface area (TPSA) is 21.1 Å². The first-order chi connectivity index (χ1) is 8.24. The summed E-state index contributed by atoms with van der Waals surface area (Å²) in [7, 11) is 2.12. The zero-order valence-corrected chi connectivity index (χ0v) is 11.8. The highest BCUT2D eigenvalue weighted by Gasteiger charge is 2.15. The molecule has 0 amide bonds. The van der Waals surface area contributed by atoms with Crippen molar-refractivity contribution in [2.75, 3.05) is 13.1 Å². The molecule has 0 bridgehead atoms. The van der Waals surface area contributed by atoms with Crippen LogP contribution in [0, 0.1) is 6.92 Å². The lowest BCUT2D eigenvalue weighted by Gasteiger charge is -2.13. The monoisotopic (exact) mass is 265 g/mol. The maximum atomic E-state index is 4.76. The van der Waals surface area contributed by atoms with E-state index in [1.165, 1.54) is 42.8 Å². The van der Waals surface area contributed by atoms with Gasteiger partial charge < -0.3 is 4.57 Å². The Morgan fingerprint density at radius 2 is 1.94 bits per heavy atom. The van der Waals surface area contributed by atoms with E-state index >= 15 is 0 Å². The number of halogens is 1. The van der Waals surface area contributed by atoms with Crippen molar-refractivity contribution in [2.45, 2.75) is 26.3 Å². The molecule has 0 unspecified atom stereocenters. The van der Waals surface area contributed by atoms with Crippen LogP contribution >= 0.6 is 12.4 Å². The molecular weight excluding hydrogens is 246 g/mol. The first kappa shape index (κ1) is 13.4. The Labute approximate surface area is 114 Å². The third kappa shape index (κ3) is 2.38. The number of benzene rings is 1. The molecule has 0 radical (unpaired) electrons. The molecule has 0 spiro atoms. The van der Waals surface area contributed by atoms with Crippen LogP contribution in [-0.4, -0.2) is 27.5 Å². The summed E-state index contributed by atoms with van der Waals surface area (Å²) in [5.74, 6) is 1.19. The van der Waals surface area contributed by atoms with E-state index in [1.807, 2.05) is 0 Å². The molecule has 2 heterocycles. The first-order valence-corrected chi connectivity index (χ1v) is 6.38. The summed E-state index contributed by atoms with van der Waals surface area (Å²) < 4.78 is 2.23. The third-order valence-corrected chi connectivity index (χ3v) is 3.69. The predicted molar refractivity (Wildman–Crippen MR) is 77.2 cm³/mol. The summed E-state index contributed by atoms with van der Waals surface area (Å²) in [4.78, 5) is 7.25. The highest BCUT2D eigenvalue weighted by atomic mass is 35.5. The molecule has 1 aromatic carbocycles. The van der Waals surface area contributed by atoms with Gasteiger partial charge in [0.05, 0.1) is 17.6 Å². The minimum atomic E-state index is 0. The van der Waals surface area contributed by atoms with E-state index in [-0.39, 0.29) is 12.4 Å². The van der Waals surface area contributed by atoms with Gasteiger partial charge in [0, 0.05) is 7.05 Å². The molecule has 0 atom stereocenters. The third-order valence-electron chi connectivity index (χ3n) is 3.69. The quantitative estimate of drug-likeness (QED) is 0.833. The molecule has 0 N–H and O–H groups in total. The van der Waals surface area contributed by atoms with Crippen LogP contribution < -0.4 is 0 Å². The molecule has 0 aliphatic carbocycles. The van der Waals surface area contributed by atoms with Crippen LogP contribution in [0.1, 0.15) is 24.2 Å². The van der Waals surface area contributed by atoms with E-state index in [2.05, 4.69) is 41.6 Å². The number of rotatable bonds is 2. The van der Waals surface area contributed by atoms with Crippen molar-refractivity contribution in [2.24, 2.45) is 7.05 Å². The Morgan fingerprint density at radius 1 is 1.22 bits per heavy atom. The lowest BCUT2D eigenvalue weighted by molar-refractivity contribution is 0.319. The lowest BCUT2D eigenvalue weighted by Crippen LogP contribution is -2.20. The second kappa shape index (κ2) is 5.29. The first-order valence-electron chi connectivity index (χ1n) is 6.38. The summed E-state index contributed by atoms with van der Waals surface area (Å²) in [6.45, 7) is 5.56. The lowest BCUT2D eigenvalue weighted by atomic mass is 10.2. The molecule has 1 saturated heterocycles. The smallest absolute Gasteiger partial charge is 0.123 e. The Kier molecular flexibility index (Phi) is 3.93. The highest BCUT2D eigenvalue weighted by Crippen LogP contribution is 2.19. The van der Waals surface area contributed by atoms with Crippen LogP contribution in [0.15, 0.2) is 18.2 Å². The zero-order chi connectivity index (χ0) is 11.8. The Morgan fingerprint density at radius 3 is 2.67 bits per heavy atom. The van der Waals surface area contributed by atoms with Gasteiger partial charge in [-0.05, 0) is 50.6 Å². The normalized spacial score (nSPS) is 16.1. The minimum Gasteiger partial charge on any atom is -0.330 e. The summed E-state index contributed by atoms with van der Waals surface area (Å²) in [6.07, 6.45) is 2.67. The fraction of sp³-hybridized carbons (Fsp3) is 0.500. The van der Waals surface area contributed by atoms with Crippen LogP contribution in [0.25, 0.3) is 11.0 Å². The summed E-state index contributed by atoms with van der Waals surface area (Å²) in [5.41, 5.74) is 3.65. The van der Waals surface area contributed by atoms with Gasteiger partial charge >= 0.3 is 0 Å². The van der Waals surface area contributed by atoms with Gasteiger partial charge in [0.2, 0.25) is 0 Å². The van der Waals surface area contributed by atoms with Gasteiger partial charge in [0.15, 0.2) is 0 Å². The van der Waals surface area contributed by atoms with Crippen molar-refractivity contribution < 1.29 is 0 Å². The van der Waals surface area contributed by atoms with Crippen molar-refractivity contribution in [1.82, 2.24) is 14.5 Å². The van der Waals surface area contributed by atoms with Gasteiger partial charge in [-0.25, -0.2) is 4.98 Å². The van der Waals surface area contributed by atoms with Gasteiger partial charge in [-0.3, -0.25) is 4.90 Å². The molecule has 1 aliphatic heterocycles. The van der Waals surface area contributed by atoms with Crippen LogP contribution in [0.3, 0.4) is 0 Å². The van der Waals surface area contributed by atoms with Crippen molar-refractivity contribution in [1.29, 1.82) is 0 Å². The molecule has 2 aromatic rings. The number of likely N-dealkylation sites (tertiary alicyclic amines) is 1. The predicted octanol–water partition coefficient (Wildman–Crippen LogP) is 2.90. The van der Waals surface area contributed by atoms with Crippen LogP contribution in [0.2, 0.25) is 0 Å². The van der Waals surface area contributed by atoms with Gasteiger partial charge in [-0.2, -0.15) is 0 Å². The molecule has 1 aliphatic rings. The molecule has 0 saturated carbocycles. The van der Waals surface area contributed by atoms with Crippen molar-refractivity contribution in [3.05, 3.63) is 29.6 Å². The summed E-state index contributed by atoms with van der Waals surface area (Å²) in [6, 6.07) is 6.50. The van der Waals surface area contributed by atoms with Gasteiger partial charge in [-0.15, -0.1) is 12.4 Å². The molecule has 98 valence electrons. The maximum absolute atomic E-state index is 4.76. The minimum absolute atomic E-state index is 0. The average Bonchev–Trinajstić information content (AvgIpc) is 2.89. The van der Waals surface area contributed by atoms with Gasteiger partial charge in [0.25, 0.3) is 0 Å². The number of aryl methyl sites for hydroxylation is 2. The largest absolute Gasteiger partial charge is 0.330 e. The second-order valence-electron chi connectivity index (χ2n) is 5.06. The maximum Gasteiger partial charge on any atom is 0.123 e. The van der Waals surface area contributed by atoms with Gasteiger partial charge in [-0.1, -0.05) is 6.07 Å². The van der Waals surface area contributed by atoms with E-state index in [9.17, 15) is 0 Å². The molecule has 4 heteroatoms. The Balaban J connectivity index is 0.00000120. The van der Waals surface area contributed by atoms with Crippen LogP contribution in [0.4, 0.5) is 0 Å². The van der Waals surface area contributed by atoms with Crippen molar-refractivity contribution in [3.63, 3.8) is 0 Å². The van der Waals surface area contributed by atoms with E-state index in [0.717, 1.165) is 12.1 Å². The zero-order valence-electron chi connectivity index (χ0n) is 11.0. The number of fused-ring (bicyclic) bond motifs is 1. The van der Waals surface area contributed by atoms with Crippen LogP contribution in [-0.2, 0) is 13.6 Å². The van der Waals surface area contributed by atoms with E-state index < -0.39 is 0 Å². The Bertz CT molecular complexity index is 541. The molecule has 1 fully saturated rings. The van der Waals surface area contributed by atoms with Crippen molar-refractivity contribution in [3.8, 4) is 0 Å². The molecule has 18 heavy (non-hydrogen) atoms. The molecule has 1 aromatic heterocycles. The number of nitrogens with zero attached hydrogens (tertiary/aromatic N) is 3. The van der Waals surface area contributed by atoms with E-state index in [4.69, 9.17) is 4.98 Å². The van der Waals surface area contributed by atoms with E-state index in [0.29, 0.717) is 0 Å². The standard InChI is InChI=1S/C14H19N3.ClH/c1-11-5-6-13-12(9-11)15-14(16(13)2)10-17-7-3-4-8-17;/h5-6,9H,3-4,7-8,10H2,1-2H3;1H. The molecular formula is C14H20ClN3. The number of imidazole rings is 1. The van der Waals surface area contributed by atoms with E-state index in [1.54, 1.807) is 0 Å². The Hall–Kier alpha value is -1.06. The average molecular weight is 266 g/mol. The molecule has 3 nitrogen and oxygen atoms in total. The molecule has 3 rings (SSSR count). The summed E-state index contributed by atoms with van der Waals surface area (Å²) in [5, 5.41) is 0. The SMILES string of the molecule is Cc1ccc2c(c1)nc(CN1CCCC1)n2C.Cl. The van der Waals surface area contributed by atoms with Gasteiger partial charge in [0.1, 0.15) is 5.82 Å². The number of hydrogen-bond acceptors (Lipinski definition) is 2. The van der Waals surface area contributed by atoms with Crippen molar-refractivity contribution >= 4 is 23.4 Å².